The predicted molar refractivity (Wildman–Crippen MR) is 80.0 cm³/mol. The van der Waals surface area contributed by atoms with Crippen LogP contribution in [0.5, 0.6) is 11.5 Å². The summed E-state index contributed by atoms with van der Waals surface area (Å²) in [7, 11) is 1.59. The van der Waals surface area contributed by atoms with Crippen molar-refractivity contribution in [2.45, 2.75) is 26.9 Å². The summed E-state index contributed by atoms with van der Waals surface area (Å²) in [5.74, 6) is 1.78. The van der Waals surface area contributed by atoms with Crippen LogP contribution in [-0.2, 0) is 13.1 Å². The zero-order valence-electron chi connectivity index (χ0n) is 12.3. The standard InChI is InChI=1S/C13H18ClN5O2/c1-4-19-13(16-17-18-19)15-8-9-6-10(14)12(21-5-2)11(7-9)20-3/h6-7H,4-5,8H2,1-3H3,(H,15,16,18). The van der Waals surface area contributed by atoms with Gasteiger partial charge in [-0.1, -0.05) is 16.7 Å². The Morgan fingerprint density at radius 2 is 2.14 bits per heavy atom. The van der Waals surface area contributed by atoms with Crippen molar-refractivity contribution in [3.8, 4) is 11.5 Å². The number of nitrogens with one attached hydrogen (secondary N) is 1. The number of halogens is 1. The van der Waals surface area contributed by atoms with Crippen LogP contribution in [0.1, 0.15) is 19.4 Å². The van der Waals surface area contributed by atoms with Gasteiger partial charge >= 0.3 is 0 Å². The summed E-state index contributed by atoms with van der Waals surface area (Å²) in [6.07, 6.45) is 0. The maximum atomic E-state index is 6.23. The minimum atomic E-state index is 0.517. The molecule has 0 radical (unpaired) electrons. The molecular weight excluding hydrogens is 294 g/mol. The predicted octanol–water partition coefficient (Wildman–Crippen LogP) is 2.37. The summed E-state index contributed by atoms with van der Waals surface area (Å²) in [6.45, 7) is 5.62. The van der Waals surface area contributed by atoms with Gasteiger partial charge in [-0.25, -0.2) is 4.68 Å². The van der Waals surface area contributed by atoms with E-state index in [2.05, 4.69) is 20.8 Å². The van der Waals surface area contributed by atoms with Crippen LogP contribution in [0.15, 0.2) is 12.1 Å². The molecule has 2 aromatic rings. The lowest BCUT2D eigenvalue weighted by Gasteiger charge is -2.13. The maximum absolute atomic E-state index is 6.23. The van der Waals surface area contributed by atoms with Crippen LogP contribution in [0.3, 0.4) is 0 Å². The van der Waals surface area contributed by atoms with Crippen molar-refractivity contribution in [2.24, 2.45) is 0 Å². The topological polar surface area (TPSA) is 74.1 Å². The molecule has 0 saturated carbocycles. The Labute approximate surface area is 128 Å². The van der Waals surface area contributed by atoms with E-state index >= 15 is 0 Å². The second-order valence-electron chi connectivity index (χ2n) is 4.21. The average Bonchev–Trinajstić information content (AvgIpc) is 2.95. The lowest BCUT2D eigenvalue weighted by Crippen LogP contribution is -2.08. The molecule has 0 aliphatic heterocycles. The van der Waals surface area contributed by atoms with Gasteiger partial charge in [0, 0.05) is 13.1 Å². The van der Waals surface area contributed by atoms with Crippen LogP contribution in [0.4, 0.5) is 5.95 Å². The molecule has 1 heterocycles. The first-order valence-electron chi connectivity index (χ1n) is 6.68. The van der Waals surface area contributed by atoms with Crippen LogP contribution < -0.4 is 14.8 Å². The van der Waals surface area contributed by atoms with E-state index in [4.69, 9.17) is 21.1 Å². The number of ether oxygens (including phenoxy) is 2. The number of hydrogen-bond donors (Lipinski definition) is 1. The Morgan fingerprint density at radius 1 is 1.33 bits per heavy atom. The summed E-state index contributed by atoms with van der Waals surface area (Å²) in [5.41, 5.74) is 0.950. The molecule has 0 fully saturated rings. The highest BCUT2D eigenvalue weighted by Crippen LogP contribution is 2.36. The molecule has 0 amide bonds. The van der Waals surface area contributed by atoms with Crippen molar-refractivity contribution < 1.29 is 9.47 Å². The quantitative estimate of drug-likeness (QED) is 0.846. The monoisotopic (exact) mass is 311 g/mol. The van der Waals surface area contributed by atoms with Crippen LogP contribution in [0.25, 0.3) is 0 Å². The van der Waals surface area contributed by atoms with Gasteiger partial charge < -0.3 is 14.8 Å². The van der Waals surface area contributed by atoms with Gasteiger partial charge in [-0.3, -0.25) is 0 Å². The molecule has 0 saturated heterocycles. The largest absolute Gasteiger partial charge is 0.493 e. The van der Waals surface area contributed by atoms with Gasteiger partial charge in [-0.05, 0) is 42.0 Å². The normalized spacial score (nSPS) is 10.5. The minimum absolute atomic E-state index is 0.517. The van der Waals surface area contributed by atoms with E-state index in [1.54, 1.807) is 11.8 Å². The van der Waals surface area contributed by atoms with Gasteiger partial charge in [0.2, 0.25) is 5.95 Å². The van der Waals surface area contributed by atoms with Gasteiger partial charge in [0.15, 0.2) is 11.5 Å². The zero-order chi connectivity index (χ0) is 15.2. The number of hydrogen-bond acceptors (Lipinski definition) is 6. The second kappa shape index (κ2) is 7.12. The number of rotatable bonds is 7. The molecule has 114 valence electrons. The smallest absolute Gasteiger partial charge is 0.243 e. The van der Waals surface area contributed by atoms with Crippen molar-refractivity contribution in [2.75, 3.05) is 19.0 Å². The van der Waals surface area contributed by atoms with Crippen LogP contribution in [0, 0.1) is 0 Å². The highest BCUT2D eigenvalue weighted by atomic mass is 35.5. The molecule has 1 N–H and O–H groups in total. The molecule has 1 aromatic carbocycles. The van der Waals surface area contributed by atoms with Crippen molar-refractivity contribution in [1.82, 2.24) is 20.2 Å². The van der Waals surface area contributed by atoms with E-state index in [1.165, 1.54) is 0 Å². The number of aromatic nitrogens is 4. The van der Waals surface area contributed by atoms with Crippen molar-refractivity contribution in [3.05, 3.63) is 22.7 Å². The summed E-state index contributed by atoms with van der Waals surface area (Å²) >= 11 is 6.23. The first-order chi connectivity index (χ1) is 10.2. The molecule has 0 unspecified atom stereocenters. The van der Waals surface area contributed by atoms with Crippen molar-refractivity contribution in [1.29, 1.82) is 0 Å². The molecule has 0 bridgehead atoms. The fourth-order valence-corrected chi connectivity index (χ4v) is 2.17. The summed E-state index contributed by atoms with van der Waals surface area (Å²) < 4.78 is 12.5. The minimum Gasteiger partial charge on any atom is -0.493 e. The first-order valence-corrected chi connectivity index (χ1v) is 7.06. The number of methoxy groups -OCH3 is 1. The van der Waals surface area contributed by atoms with Gasteiger partial charge in [0.1, 0.15) is 0 Å². The molecule has 1 aromatic heterocycles. The molecule has 0 atom stereocenters. The van der Waals surface area contributed by atoms with E-state index < -0.39 is 0 Å². The van der Waals surface area contributed by atoms with E-state index in [-0.39, 0.29) is 0 Å². The number of aryl methyl sites for hydroxylation is 1. The highest BCUT2D eigenvalue weighted by molar-refractivity contribution is 6.32. The fourth-order valence-electron chi connectivity index (χ4n) is 1.89. The van der Waals surface area contributed by atoms with E-state index in [0.717, 1.165) is 5.56 Å². The number of tetrazole rings is 1. The Kier molecular flexibility index (Phi) is 5.21. The third kappa shape index (κ3) is 3.55. The average molecular weight is 312 g/mol. The highest BCUT2D eigenvalue weighted by Gasteiger charge is 2.12. The number of benzene rings is 1. The third-order valence-electron chi connectivity index (χ3n) is 2.86. The van der Waals surface area contributed by atoms with Crippen LogP contribution in [0.2, 0.25) is 5.02 Å². The first kappa shape index (κ1) is 15.4. The van der Waals surface area contributed by atoms with Gasteiger partial charge in [-0.2, -0.15) is 0 Å². The SMILES string of the molecule is CCOc1c(Cl)cc(CNc2nnnn2CC)cc1OC. The van der Waals surface area contributed by atoms with Gasteiger partial charge in [-0.15, -0.1) is 0 Å². The van der Waals surface area contributed by atoms with Crippen molar-refractivity contribution >= 4 is 17.5 Å². The summed E-state index contributed by atoms with van der Waals surface area (Å²) in [4.78, 5) is 0. The van der Waals surface area contributed by atoms with Gasteiger partial charge in [0.25, 0.3) is 0 Å². The van der Waals surface area contributed by atoms with Crippen molar-refractivity contribution in [3.63, 3.8) is 0 Å². The van der Waals surface area contributed by atoms with E-state index in [9.17, 15) is 0 Å². The molecule has 8 heteroatoms. The fraction of sp³-hybridized carbons (Fsp3) is 0.462. The molecular formula is C13H18ClN5O2. The van der Waals surface area contributed by atoms with Crippen LogP contribution in [-0.4, -0.2) is 33.9 Å². The third-order valence-corrected chi connectivity index (χ3v) is 3.14. The Bertz CT molecular complexity index is 602. The number of nitrogens with zero attached hydrogens (tertiary/aromatic N) is 4. The molecule has 0 aliphatic rings. The maximum Gasteiger partial charge on any atom is 0.243 e. The van der Waals surface area contributed by atoms with E-state index in [1.807, 2.05) is 26.0 Å². The second-order valence-corrected chi connectivity index (χ2v) is 4.62. The molecule has 2 rings (SSSR count). The van der Waals surface area contributed by atoms with Gasteiger partial charge in [0.05, 0.1) is 18.7 Å². The van der Waals surface area contributed by atoms with E-state index in [0.29, 0.717) is 42.2 Å². The summed E-state index contributed by atoms with van der Waals surface area (Å²) in [5, 5.41) is 15.1. The lowest BCUT2D eigenvalue weighted by molar-refractivity contribution is 0.311. The molecule has 21 heavy (non-hydrogen) atoms. The molecule has 7 nitrogen and oxygen atoms in total. The Morgan fingerprint density at radius 3 is 2.81 bits per heavy atom. The number of anilines is 1. The zero-order valence-corrected chi connectivity index (χ0v) is 13.0. The Balaban J connectivity index is 2.15. The summed E-state index contributed by atoms with van der Waals surface area (Å²) in [6, 6.07) is 3.71. The molecule has 0 spiro atoms. The Hall–Kier alpha value is -2.02. The lowest BCUT2D eigenvalue weighted by atomic mass is 10.2. The molecule has 0 aliphatic carbocycles. The van der Waals surface area contributed by atoms with Crippen LogP contribution >= 0.6 is 11.6 Å².